The second-order valence-corrected chi connectivity index (χ2v) is 18.7. The summed E-state index contributed by atoms with van der Waals surface area (Å²) in [5, 5.41) is 23.3. The molecule has 0 aliphatic heterocycles. The zero-order valence-corrected chi connectivity index (χ0v) is 34.0. The molecule has 4 rings (SSSR count). The predicted octanol–water partition coefficient (Wildman–Crippen LogP) is 11.3. The number of fused-ring (bicyclic) bond motifs is 5. The molecule has 0 aromatic carbocycles. The van der Waals surface area contributed by atoms with Crippen molar-refractivity contribution in [1.29, 1.82) is 0 Å². The summed E-state index contributed by atoms with van der Waals surface area (Å²) in [6.45, 7) is 16.0. The molecule has 4 aliphatic carbocycles. The summed E-state index contributed by atoms with van der Waals surface area (Å²) >= 11 is 0. The average molecular weight is 711 g/mol. The fourth-order valence-electron chi connectivity index (χ4n) is 11.2. The van der Waals surface area contributed by atoms with Crippen molar-refractivity contribution in [3.63, 3.8) is 0 Å². The summed E-state index contributed by atoms with van der Waals surface area (Å²) in [6, 6.07) is 0. The molecule has 0 heterocycles. The number of hydrogen-bond acceptors (Lipinski definition) is 5. The summed E-state index contributed by atoms with van der Waals surface area (Å²) in [5.41, 5.74) is -2.06. The maximum atomic E-state index is 14.7. The number of Topliss-reactive ketones (excluding diaryl/α,β-unsaturated/α-hetero) is 1. The Labute approximate surface area is 313 Å². The Morgan fingerprint density at radius 2 is 1.45 bits per heavy atom. The van der Waals surface area contributed by atoms with E-state index in [1.54, 1.807) is 0 Å². The molecular weight excluding hydrogens is 633 g/mol. The van der Waals surface area contributed by atoms with Crippen LogP contribution < -0.4 is 0 Å². The molecular formula is C46H78O5. The van der Waals surface area contributed by atoms with Crippen LogP contribution in [0.3, 0.4) is 0 Å². The van der Waals surface area contributed by atoms with E-state index in [0.717, 1.165) is 57.8 Å². The third kappa shape index (κ3) is 9.81. The first-order valence-corrected chi connectivity index (χ1v) is 21.8. The van der Waals surface area contributed by atoms with Crippen molar-refractivity contribution in [3.05, 3.63) is 24.3 Å². The van der Waals surface area contributed by atoms with Gasteiger partial charge in [-0.05, 0) is 112 Å². The van der Waals surface area contributed by atoms with E-state index >= 15 is 0 Å². The number of aliphatic hydroxyl groups excluding tert-OH is 1. The van der Waals surface area contributed by atoms with Crippen LogP contribution >= 0.6 is 0 Å². The van der Waals surface area contributed by atoms with Crippen LogP contribution in [0, 0.1) is 52.3 Å². The summed E-state index contributed by atoms with van der Waals surface area (Å²) in [4.78, 5) is 28.1. The van der Waals surface area contributed by atoms with Crippen LogP contribution in [0.1, 0.15) is 183 Å². The number of carbonyl (C=O) groups is 2. The molecule has 5 heteroatoms. The lowest BCUT2D eigenvalue weighted by atomic mass is 9.42. The molecule has 0 aromatic rings. The minimum atomic E-state index is -1.53. The highest BCUT2D eigenvalue weighted by molar-refractivity contribution is 5.91. The van der Waals surface area contributed by atoms with Crippen molar-refractivity contribution in [2.45, 2.75) is 201 Å². The maximum Gasteiger partial charge on any atom is 0.306 e. The van der Waals surface area contributed by atoms with E-state index in [4.69, 9.17) is 4.74 Å². The lowest BCUT2D eigenvalue weighted by Gasteiger charge is -2.64. The molecule has 5 nitrogen and oxygen atoms in total. The molecule has 4 aliphatic rings. The SMILES string of the molecule is CCCCCCCCC=CCCCCCCCC(=O)OC1C(=O)C2C3CCC(C(C)C=CC(C)C(C)C)C3(C)CCC2C2(C)CCC(O)CC12O. The lowest BCUT2D eigenvalue weighted by molar-refractivity contribution is -0.256. The van der Waals surface area contributed by atoms with Crippen molar-refractivity contribution in [2.24, 2.45) is 52.3 Å². The van der Waals surface area contributed by atoms with E-state index in [1.807, 2.05) is 0 Å². The Morgan fingerprint density at radius 1 is 0.824 bits per heavy atom. The Morgan fingerprint density at radius 3 is 2.10 bits per heavy atom. The summed E-state index contributed by atoms with van der Waals surface area (Å²) in [5.74, 6) is 1.72. The van der Waals surface area contributed by atoms with Gasteiger partial charge in [0.15, 0.2) is 11.9 Å². The fourth-order valence-corrected chi connectivity index (χ4v) is 11.2. The summed E-state index contributed by atoms with van der Waals surface area (Å²) < 4.78 is 6.13. The number of esters is 1. The van der Waals surface area contributed by atoms with Crippen molar-refractivity contribution < 1.29 is 24.5 Å². The van der Waals surface area contributed by atoms with Crippen LogP contribution in [-0.2, 0) is 14.3 Å². The number of aliphatic hydroxyl groups is 2. The lowest BCUT2D eigenvalue weighted by Crippen LogP contribution is -2.72. The van der Waals surface area contributed by atoms with E-state index in [9.17, 15) is 19.8 Å². The van der Waals surface area contributed by atoms with E-state index in [1.165, 1.54) is 51.4 Å². The molecule has 0 bridgehead atoms. The third-order valence-electron chi connectivity index (χ3n) is 15.0. The van der Waals surface area contributed by atoms with E-state index in [2.05, 4.69) is 72.8 Å². The molecule has 0 radical (unpaired) electrons. The van der Waals surface area contributed by atoms with E-state index in [0.29, 0.717) is 36.5 Å². The van der Waals surface area contributed by atoms with E-state index < -0.39 is 23.2 Å². The van der Waals surface area contributed by atoms with Gasteiger partial charge in [0.2, 0.25) is 0 Å². The van der Waals surface area contributed by atoms with Gasteiger partial charge in [-0.2, -0.15) is 0 Å². The van der Waals surface area contributed by atoms with Crippen LogP contribution in [0.15, 0.2) is 24.3 Å². The van der Waals surface area contributed by atoms with Gasteiger partial charge < -0.3 is 14.9 Å². The second kappa shape index (κ2) is 19.2. The number of rotatable bonds is 20. The normalized spacial score (nSPS) is 36.3. The van der Waals surface area contributed by atoms with Gasteiger partial charge in [-0.3, -0.25) is 9.59 Å². The molecule has 0 spiro atoms. The Bertz CT molecular complexity index is 1160. The smallest absolute Gasteiger partial charge is 0.306 e. The number of unbranched alkanes of at least 4 members (excludes halogenated alkanes) is 11. The van der Waals surface area contributed by atoms with Gasteiger partial charge in [-0.1, -0.05) is 124 Å². The maximum absolute atomic E-state index is 14.7. The van der Waals surface area contributed by atoms with Crippen LogP contribution in [0.5, 0.6) is 0 Å². The Balaban J connectivity index is 1.32. The Kier molecular flexibility index (Phi) is 15.9. The van der Waals surface area contributed by atoms with Gasteiger partial charge in [0, 0.05) is 24.2 Å². The molecule has 4 saturated carbocycles. The van der Waals surface area contributed by atoms with Crippen LogP contribution in [0.4, 0.5) is 0 Å². The highest BCUT2D eigenvalue weighted by Gasteiger charge is 2.71. The van der Waals surface area contributed by atoms with Crippen LogP contribution in [0.25, 0.3) is 0 Å². The second-order valence-electron chi connectivity index (χ2n) is 18.7. The zero-order chi connectivity index (χ0) is 37.2. The fraction of sp³-hybridized carbons (Fsp3) is 0.870. The van der Waals surface area contributed by atoms with Crippen molar-refractivity contribution in [3.8, 4) is 0 Å². The largest absolute Gasteiger partial charge is 0.451 e. The quantitative estimate of drug-likeness (QED) is 0.0746. The minimum absolute atomic E-state index is 0.0416. The number of ketones is 1. The first-order valence-electron chi connectivity index (χ1n) is 21.8. The van der Waals surface area contributed by atoms with Gasteiger partial charge >= 0.3 is 5.97 Å². The molecule has 11 atom stereocenters. The monoisotopic (exact) mass is 711 g/mol. The zero-order valence-electron chi connectivity index (χ0n) is 34.0. The molecule has 0 aromatic heterocycles. The molecule has 11 unspecified atom stereocenters. The standard InChI is InChI=1S/C46H78O5/c1-8-9-10-11-12-13-14-15-16-17-18-19-20-21-22-23-40(48)51-43-42(49)41-38-27-26-37(35(5)25-24-34(4)33(2)3)44(38,6)30-29-39(41)45(7)31-28-36(47)32-46(43,45)50/h15-16,24-25,33-39,41,43,47,50H,8-14,17-23,26-32H2,1-7H3. The van der Waals surface area contributed by atoms with Gasteiger partial charge in [-0.25, -0.2) is 0 Å². The molecule has 2 N–H and O–H groups in total. The molecule has 292 valence electrons. The first kappa shape index (κ1) is 42.3. The van der Waals surface area contributed by atoms with Crippen molar-refractivity contribution in [1.82, 2.24) is 0 Å². The highest BCUT2D eigenvalue weighted by Crippen LogP contribution is 2.68. The van der Waals surface area contributed by atoms with E-state index in [-0.39, 0.29) is 47.8 Å². The van der Waals surface area contributed by atoms with Gasteiger partial charge in [0.05, 0.1) is 6.10 Å². The molecule has 0 amide bonds. The van der Waals surface area contributed by atoms with Crippen LogP contribution in [-0.4, -0.2) is 39.8 Å². The number of allylic oxidation sites excluding steroid dienone is 4. The van der Waals surface area contributed by atoms with Crippen LogP contribution in [0.2, 0.25) is 0 Å². The van der Waals surface area contributed by atoms with Gasteiger partial charge in [-0.15, -0.1) is 0 Å². The first-order chi connectivity index (χ1) is 24.3. The number of carbonyl (C=O) groups excluding carboxylic acids is 2. The predicted molar refractivity (Wildman–Crippen MR) is 210 cm³/mol. The number of ether oxygens (including phenoxy) is 1. The topological polar surface area (TPSA) is 83.8 Å². The van der Waals surface area contributed by atoms with Gasteiger partial charge in [0.1, 0.15) is 5.60 Å². The summed E-state index contributed by atoms with van der Waals surface area (Å²) in [7, 11) is 0. The summed E-state index contributed by atoms with van der Waals surface area (Å²) in [6.07, 6.45) is 28.9. The Hall–Kier alpha value is -1.46. The number of hydrogen-bond donors (Lipinski definition) is 2. The third-order valence-corrected chi connectivity index (χ3v) is 15.0. The molecule has 0 saturated heterocycles. The van der Waals surface area contributed by atoms with Crippen molar-refractivity contribution in [2.75, 3.05) is 0 Å². The minimum Gasteiger partial charge on any atom is -0.451 e. The van der Waals surface area contributed by atoms with Crippen molar-refractivity contribution >= 4 is 11.8 Å². The van der Waals surface area contributed by atoms with Gasteiger partial charge in [0.25, 0.3) is 0 Å². The molecule has 4 fully saturated rings. The highest BCUT2D eigenvalue weighted by atomic mass is 16.6. The average Bonchev–Trinajstić information content (AvgIpc) is 3.45. The molecule has 51 heavy (non-hydrogen) atoms.